The van der Waals surface area contributed by atoms with Crippen LogP contribution in [0, 0.1) is 20.2 Å². The minimum absolute atomic E-state index is 0.00265. The first kappa shape index (κ1) is 18.3. The highest BCUT2D eigenvalue weighted by Crippen LogP contribution is 2.27. The van der Waals surface area contributed by atoms with Gasteiger partial charge in [-0.25, -0.2) is 0 Å². The zero-order valence-corrected chi connectivity index (χ0v) is 14.3. The summed E-state index contributed by atoms with van der Waals surface area (Å²) in [6.45, 7) is 0. The maximum Gasteiger partial charge on any atom is 0.288 e. The molecule has 2 rings (SSSR count). The van der Waals surface area contributed by atoms with Crippen molar-refractivity contribution < 1.29 is 14.1 Å². The minimum atomic E-state index is -1.41. The second kappa shape index (κ2) is 7.69. The zero-order chi connectivity index (χ0) is 17.9. The molecule has 0 aliphatic rings. The van der Waals surface area contributed by atoms with Crippen molar-refractivity contribution >= 4 is 45.4 Å². The largest absolute Gasteiger partial charge is 0.288 e. The lowest BCUT2D eigenvalue weighted by molar-refractivity contribution is -0.384. The predicted molar refractivity (Wildman–Crippen MR) is 91.8 cm³/mol. The maximum atomic E-state index is 12.2. The Morgan fingerprint density at radius 1 is 0.833 bits per heavy atom. The van der Waals surface area contributed by atoms with Crippen molar-refractivity contribution in [2.45, 2.75) is 11.5 Å². The third-order valence-electron chi connectivity index (χ3n) is 3.07. The monoisotopic (exact) mass is 388 g/mol. The molecule has 7 nitrogen and oxygen atoms in total. The van der Waals surface area contributed by atoms with Crippen LogP contribution in [0.1, 0.15) is 11.1 Å². The summed E-state index contributed by atoms with van der Waals surface area (Å²) in [6, 6.07) is 8.39. The Balaban J connectivity index is 2.14. The number of halogens is 2. The molecule has 0 aliphatic carbocycles. The summed E-state index contributed by atoms with van der Waals surface area (Å²) < 4.78 is 12.2. The van der Waals surface area contributed by atoms with Crippen LogP contribution in [0.15, 0.2) is 36.4 Å². The van der Waals surface area contributed by atoms with Gasteiger partial charge in [0.15, 0.2) is 0 Å². The van der Waals surface area contributed by atoms with E-state index < -0.39 is 20.6 Å². The van der Waals surface area contributed by atoms with Gasteiger partial charge in [0.25, 0.3) is 11.4 Å². The fourth-order valence-electron chi connectivity index (χ4n) is 2.00. The quantitative estimate of drug-likeness (QED) is 0.543. The number of nitro groups is 2. The topological polar surface area (TPSA) is 103 Å². The highest BCUT2D eigenvalue weighted by molar-refractivity contribution is 7.83. The number of hydrogen-bond acceptors (Lipinski definition) is 5. The van der Waals surface area contributed by atoms with Crippen molar-refractivity contribution in [3.63, 3.8) is 0 Å². The lowest BCUT2D eigenvalue weighted by atomic mass is 10.2. The third kappa shape index (κ3) is 4.50. The summed E-state index contributed by atoms with van der Waals surface area (Å²) in [5, 5.41) is 21.7. The Morgan fingerprint density at radius 3 is 1.54 bits per heavy atom. The second-order valence-corrected chi connectivity index (χ2v) is 7.09. The zero-order valence-electron chi connectivity index (χ0n) is 12.0. The van der Waals surface area contributed by atoms with E-state index in [1.807, 2.05) is 0 Å². The summed E-state index contributed by atoms with van der Waals surface area (Å²) in [6.07, 6.45) is 0. The fraction of sp³-hybridized carbons (Fsp3) is 0.143. The average Bonchev–Trinajstić information content (AvgIpc) is 2.50. The first-order chi connectivity index (χ1) is 11.3. The molecule has 0 bridgehead atoms. The van der Waals surface area contributed by atoms with Crippen LogP contribution in [0.5, 0.6) is 0 Å². The fourth-order valence-corrected chi connectivity index (χ4v) is 3.58. The smallest absolute Gasteiger partial charge is 0.259 e. The van der Waals surface area contributed by atoms with Crippen LogP contribution >= 0.6 is 23.2 Å². The van der Waals surface area contributed by atoms with Crippen molar-refractivity contribution in [1.82, 2.24) is 0 Å². The van der Waals surface area contributed by atoms with E-state index in [9.17, 15) is 24.4 Å². The van der Waals surface area contributed by atoms with Crippen LogP contribution in [0.2, 0.25) is 10.0 Å². The molecule has 2 aromatic rings. The molecule has 0 fully saturated rings. The van der Waals surface area contributed by atoms with Gasteiger partial charge >= 0.3 is 0 Å². The summed E-state index contributed by atoms with van der Waals surface area (Å²) in [5.41, 5.74) is 0.474. The van der Waals surface area contributed by atoms with Crippen LogP contribution in [-0.2, 0) is 22.3 Å². The molecular formula is C14H10Cl2N2O5S. The van der Waals surface area contributed by atoms with Crippen molar-refractivity contribution in [2.24, 2.45) is 0 Å². The number of nitrogens with zero attached hydrogens (tertiary/aromatic N) is 2. The van der Waals surface area contributed by atoms with Gasteiger partial charge < -0.3 is 0 Å². The average molecular weight is 389 g/mol. The van der Waals surface area contributed by atoms with Crippen molar-refractivity contribution in [1.29, 1.82) is 0 Å². The summed E-state index contributed by atoms with van der Waals surface area (Å²) in [5.74, 6) is 0.128. The molecule has 0 saturated heterocycles. The number of hydrogen-bond donors (Lipinski definition) is 0. The second-order valence-electron chi connectivity index (χ2n) is 4.81. The van der Waals surface area contributed by atoms with Gasteiger partial charge in [0.05, 0.1) is 9.85 Å². The lowest BCUT2D eigenvalue weighted by Crippen LogP contribution is -2.01. The van der Waals surface area contributed by atoms with Gasteiger partial charge in [0.2, 0.25) is 0 Å². The molecule has 126 valence electrons. The van der Waals surface area contributed by atoms with E-state index in [1.165, 1.54) is 24.3 Å². The van der Waals surface area contributed by atoms with Crippen LogP contribution in [0.25, 0.3) is 0 Å². The van der Waals surface area contributed by atoms with Crippen LogP contribution in [0.4, 0.5) is 11.4 Å². The molecule has 0 amide bonds. The molecule has 0 radical (unpaired) electrons. The highest BCUT2D eigenvalue weighted by atomic mass is 35.5. The molecule has 2 aromatic carbocycles. The van der Waals surface area contributed by atoms with Gasteiger partial charge in [0, 0.05) is 34.4 Å². The molecule has 0 N–H and O–H groups in total. The highest BCUT2D eigenvalue weighted by Gasteiger charge is 2.16. The Bertz CT molecular complexity index is 776. The summed E-state index contributed by atoms with van der Waals surface area (Å²) in [4.78, 5) is 20.5. The van der Waals surface area contributed by atoms with Gasteiger partial charge in [-0.05, 0) is 23.3 Å². The first-order valence-corrected chi connectivity index (χ1v) is 8.73. The van der Waals surface area contributed by atoms with E-state index in [4.69, 9.17) is 23.2 Å². The number of nitro benzene ring substituents is 2. The molecule has 0 aliphatic heterocycles. The van der Waals surface area contributed by atoms with E-state index in [-0.39, 0.29) is 32.9 Å². The maximum absolute atomic E-state index is 12.2. The third-order valence-corrected chi connectivity index (χ3v) is 5.02. The summed E-state index contributed by atoms with van der Waals surface area (Å²) >= 11 is 11.5. The van der Waals surface area contributed by atoms with E-state index in [1.54, 1.807) is 12.1 Å². The van der Waals surface area contributed by atoms with Gasteiger partial charge in [0.1, 0.15) is 10.0 Å². The molecule has 10 heteroatoms. The van der Waals surface area contributed by atoms with Crippen LogP contribution in [-0.4, -0.2) is 14.1 Å². The van der Waals surface area contributed by atoms with Crippen LogP contribution < -0.4 is 0 Å². The Kier molecular flexibility index (Phi) is 5.87. The first-order valence-electron chi connectivity index (χ1n) is 6.48. The van der Waals surface area contributed by atoms with Crippen molar-refractivity contribution in [3.8, 4) is 0 Å². The molecule has 0 aromatic heterocycles. The molecule has 0 heterocycles. The summed E-state index contributed by atoms with van der Waals surface area (Å²) in [7, 11) is -1.41. The lowest BCUT2D eigenvalue weighted by Gasteiger charge is -2.05. The molecule has 24 heavy (non-hydrogen) atoms. The molecule has 0 saturated carbocycles. The molecular weight excluding hydrogens is 379 g/mol. The van der Waals surface area contributed by atoms with Crippen molar-refractivity contribution in [2.75, 3.05) is 0 Å². The normalized spacial score (nSPS) is 10.8. The standard InChI is InChI=1S/C14H10Cl2N2O5S/c15-11-3-1-9(5-13(11)17(19)20)7-24(23)8-10-2-4-12(16)14(6-10)18(21)22/h1-6H,7-8H2. The van der Waals surface area contributed by atoms with Crippen molar-refractivity contribution in [3.05, 3.63) is 77.8 Å². The van der Waals surface area contributed by atoms with Gasteiger partial charge in [-0.1, -0.05) is 35.3 Å². The Morgan fingerprint density at radius 2 is 1.21 bits per heavy atom. The minimum Gasteiger partial charge on any atom is -0.259 e. The Hall–Kier alpha value is -2.03. The number of rotatable bonds is 6. The molecule has 0 unspecified atom stereocenters. The van der Waals surface area contributed by atoms with E-state index >= 15 is 0 Å². The predicted octanol–water partition coefficient (Wildman–Crippen LogP) is 4.26. The molecule has 0 atom stereocenters. The SMILES string of the molecule is O=[N+]([O-])c1cc(CS(=O)Cc2ccc(Cl)c([N+](=O)[O-])c2)ccc1Cl. The van der Waals surface area contributed by atoms with E-state index in [2.05, 4.69) is 0 Å². The van der Waals surface area contributed by atoms with E-state index in [0.717, 1.165) is 0 Å². The Labute approximate surface area is 149 Å². The van der Waals surface area contributed by atoms with Gasteiger partial charge in [-0.2, -0.15) is 0 Å². The molecule has 0 spiro atoms. The van der Waals surface area contributed by atoms with Gasteiger partial charge in [-0.3, -0.25) is 24.4 Å². The number of benzene rings is 2. The van der Waals surface area contributed by atoms with E-state index in [0.29, 0.717) is 11.1 Å². The van der Waals surface area contributed by atoms with Gasteiger partial charge in [-0.15, -0.1) is 0 Å². The van der Waals surface area contributed by atoms with Crippen LogP contribution in [0.3, 0.4) is 0 Å².